The second-order valence-corrected chi connectivity index (χ2v) is 32.3. The first-order valence-corrected chi connectivity index (χ1v) is 46.2. The number of unbranched alkanes of at least 4 members (excludes halogenated alkanes) is 72. The zero-order chi connectivity index (χ0) is 70.8. The van der Waals surface area contributed by atoms with Gasteiger partial charge in [-0.2, -0.15) is 0 Å². The van der Waals surface area contributed by atoms with Crippen LogP contribution >= 0.6 is 7.82 Å². The minimum atomic E-state index is -4.39. The molecule has 584 valence electrons. The maximum absolute atomic E-state index is 12.8. The quantitative estimate of drug-likeness (QED) is 0.0264. The number of hydrogen-bond donors (Lipinski definition) is 2. The number of phosphoric acid groups is 1. The molecule has 0 saturated carbocycles. The molecule has 2 unspecified atom stereocenters. The number of esters is 2. The molecule has 98 heavy (non-hydrogen) atoms. The molecular weight excluding hydrogens is 1230 g/mol. The van der Waals surface area contributed by atoms with Crippen molar-refractivity contribution in [3.05, 3.63) is 12.2 Å². The fraction of sp³-hybridized carbons (Fsp3) is 0.955. The summed E-state index contributed by atoms with van der Waals surface area (Å²) in [6.07, 6.45) is 107. The van der Waals surface area contributed by atoms with Crippen molar-refractivity contribution in [3.63, 3.8) is 0 Å². The van der Waals surface area contributed by atoms with Crippen LogP contribution in [-0.2, 0) is 32.7 Å². The van der Waals surface area contributed by atoms with E-state index in [4.69, 9.17) is 24.3 Å². The topological polar surface area (TPSA) is 134 Å². The van der Waals surface area contributed by atoms with Crippen LogP contribution in [-0.4, -0.2) is 49.3 Å². The predicted molar refractivity (Wildman–Crippen MR) is 428 cm³/mol. The molecule has 9 nitrogen and oxygen atoms in total. The Morgan fingerprint density at radius 2 is 0.500 bits per heavy atom. The van der Waals surface area contributed by atoms with E-state index in [1.807, 2.05) is 0 Å². The minimum absolute atomic E-state index is 0.0583. The molecule has 0 aromatic carbocycles. The number of nitrogens with two attached hydrogens (primary N) is 1. The molecule has 0 spiro atoms. The van der Waals surface area contributed by atoms with Gasteiger partial charge in [-0.15, -0.1) is 0 Å². The van der Waals surface area contributed by atoms with Gasteiger partial charge >= 0.3 is 19.8 Å². The van der Waals surface area contributed by atoms with E-state index < -0.39 is 26.5 Å². The maximum Gasteiger partial charge on any atom is 0.472 e. The number of hydrogen-bond acceptors (Lipinski definition) is 8. The molecule has 0 aromatic heterocycles. The van der Waals surface area contributed by atoms with Gasteiger partial charge in [0.05, 0.1) is 13.2 Å². The summed E-state index contributed by atoms with van der Waals surface area (Å²) in [5.74, 6) is -0.794. The van der Waals surface area contributed by atoms with Gasteiger partial charge in [0.1, 0.15) is 6.61 Å². The van der Waals surface area contributed by atoms with Crippen LogP contribution in [0.2, 0.25) is 0 Å². The lowest BCUT2D eigenvalue weighted by Crippen LogP contribution is -2.29. The first kappa shape index (κ1) is 96.8. The van der Waals surface area contributed by atoms with Gasteiger partial charge in [-0.3, -0.25) is 18.6 Å². The van der Waals surface area contributed by atoms with E-state index in [1.54, 1.807) is 0 Å². The molecule has 0 fully saturated rings. The standard InChI is InChI=1S/C88H174NO8P/c1-3-5-7-9-11-13-15-17-19-21-23-25-27-29-31-33-35-37-39-41-42-43-45-46-48-50-52-54-56-58-60-62-64-66-68-70-72-74-76-78-80-87(90)94-84-86(85-96-98(92,93)95-83-82-89)97-88(91)81-79-77-75-73-71-69-67-65-63-61-59-57-55-53-51-49-47-44-40-38-36-34-32-30-28-26-24-22-20-18-16-14-12-10-8-6-4-2/h22,24,86H,3-21,23,25-85,89H2,1-2H3,(H,92,93)/b24-22-. The van der Waals surface area contributed by atoms with Gasteiger partial charge in [0, 0.05) is 19.4 Å². The number of carbonyl (C=O) groups excluding carboxylic acids is 2. The van der Waals surface area contributed by atoms with Crippen LogP contribution in [0.3, 0.4) is 0 Å². The van der Waals surface area contributed by atoms with Gasteiger partial charge < -0.3 is 20.1 Å². The van der Waals surface area contributed by atoms with E-state index in [2.05, 4.69) is 26.0 Å². The second-order valence-electron chi connectivity index (χ2n) is 30.8. The summed E-state index contributed by atoms with van der Waals surface area (Å²) < 4.78 is 33.3. The number of phosphoric ester groups is 1. The van der Waals surface area contributed by atoms with Crippen LogP contribution in [0.25, 0.3) is 0 Å². The summed E-state index contributed by atoms with van der Waals surface area (Å²) in [6, 6.07) is 0. The van der Waals surface area contributed by atoms with Gasteiger partial charge in [0.25, 0.3) is 0 Å². The summed E-state index contributed by atoms with van der Waals surface area (Å²) in [5.41, 5.74) is 5.43. The van der Waals surface area contributed by atoms with Crippen LogP contribution in [0.4, 0.5) is 0 Å². The minimum Gasteiger partial charge on any atom is -0.462 e. The van der Waals surface area contributed by atoms with E-state index >= 15 is 0 Å². The van der Waals surface area contributed by atoms with Crippen LogP contribution < -0.4 is 5.73 Å². The average Bonchev–Trinajstić information content (AvgIpc) is 1.57. The van der Waals surface area contributed by atoms with Crippen molar-refractivity contribution in [3.8, 4) is 0 Å². The number of allylic oxidation sites excluding steroid dienone is 2. The monoisotopic (exact) mass is 1400 g/mol. The van der Waals surface area contributed by atoms with Crippen molar-refractivity contribution in [2.45, 2.75) is 514 Å². The molecule has 0 heterocycles. The van der Waals surface area contributed by atoms with Crippen molar-refractivity contribution in [1.82, 2.24) is 0 Å². The summed E-state index contributed by atoms with van der Waals surface area (Å²) in [7, 11) is -4.39. The first-order chi connectivity index (χ1) is 48.3. The summed E-state index contributed by atoms with van der Waals surface area (Å²) in [5, 5.41) is 0. The van der Waals surface area contributed by atoms with Crippen molar-refractivity contribution >= 4 is 19.8 Å². The van der Waals surface area contributed by atoms with Crippen molar-refractivity contribution in [1.29, 1.82) is 0 Å². The Hall–Kier alpha value is -1.25. The summed E-state index contributed by atoms with van der Waals surface area (Å²) in [6.45, 7) is 3.86. The third kappa shape index (κ3) is 83.7. The summed E-state index contributed by atoms with van der Waals surface area (Å²) >= 11 is 0. The fourth-order valence-corrected chi connectivity index (χ4v) is 15.1. The first-order valence-electron chi connectivity index (χ1n) is 44.7. The van der Waals surface area contributed by atoms with Crippen LogP contribution in [0.15, 0.2) is 12.2 Å². The van der Waals surface area contributed by atoms with Crippen molar-refractivity contribution in [2.24, 2.45) is 5.73 Å². The van der Waals surface area contributed by atoms with Gasteiger partial charge in [-0.25, -0.2) is 4.57 Å². The molecule has 2 atom stereocenters. The lowest BCUT2D eigenvalue weighted by atomic mass is 10.0. The SMILES string of the molecule is CCCCCCCCCC/C=C\CCCCCCCCCCCCCCCCCCCCCCCCCCCC(=O)OC(COC(=O)CCCCCCCCCCCCCCCCCCCCCCCCCCCCCCCCCCCCCCCCCC)COP(=O)(O)OCCN. The zero-order valence-corrected chi connectivity index (χ0v) is 67.2. The van der Waals surface area contributed by atoms with Gasteiger partial charge in [-0.1, -0.05) is 469 Å². The maximum atomic E-state index is 12.8. The Morgan fingerprint density at radius 3 is 0.724 bits per heavy atom. The molecule has 0 aromatic rings. The van der Waals surface area contributed by atoms with Crippen molar-refractivity contribution in [2.75, 3.05) is 26.4 Å². The van der Waals surface area contributed by atoms with Crippen molar-refractivity contribution < 1.29 is 37.6 Å². The third-order valence-corrected chi connectivity index (χ3v) is 21.9. The molecule has 0 rings (SSSR count). The Balaban J connectivity index is 3.68. The number of rotatable bonds is 87. The predicted octanol–water partition coefficient (Wildman–Crippen LogP) is 30.2. The highest BCUT2D eigenvalue weighted by atomic mass is 31.2. The number of ether oxygens (including phenoxy) is 2. The lowest BCUT2D eigenvalue weighted by Gasteiger charge is -2.19. The Morgan fingerprint density at radius 1 is 0.296 bits per heavy atom. The normalized spacial score (nSPS) is 12.7. The smallest absolute Gasteiger partial charge is 0.462 e. The van der Waals surface area contributed by atoms with E-state index in [1.165, 1.54) is 443 Å². The van der Waals surface area contributed by atoms with Gasteiger partial charge in [0.15, 0.2) is 6.10 Å². The molecule has 0 radical (unpaired) electrons. The molecule has 0 saturated heterocycles. The highest BCUT2D eigenvalue weighted by molar-refractivity contribution is 7.47. The number of carbonyl (C=O) groups is 2. The molecule has 0 bridgehead atoms. The zero-order valence-electron chi connectivity index (χ0n) is 66.3. The third-order valence-electron chi connectivity index (χ3n) is 20.9. The largest absolute Gasteiger partial charge is 0.472 e. The molecular formula is C88H174NO8P. The Bertz CT molecular complexity index is 1610. The lowest BCUT2D eigenvalue weighted by molar-refractivity contribution is -0.161. The van der Waals surface area contributed by atoms with E-state index in [9.17, 15) is 19.0 Å². The van der Waals surface area contributed by atoms with E-state index in [-0.39, 0.29) is 38.6 Å². The van der Waals surface area contributed by atoms with Crippen LogP contribution in [0.5, 0.6) is 0 Å². The fourth-order valence-electron chi connectivity index (χ4n) is 14.3. The highest BCUT2D eigenvalue weighted by Gasteiger charge is 2.26. The van der Waals surface area contributed by atoms with Gasteiger partial charge in [0.2, 0.25) is 0 Å². The Labute approximate surface area is 612 Å². The second kappa shape index (κ2) is 84.7. The average molecular weight is 1410 g/mol. The molecule has 10 heteroatoms. The molecule has 0 aliphatic carbocycles. The molecule has 3 N–H and O–H groups in total. The summed E-state index contributed by atoms with van der Waals surface area (Å²) in [4.78, 5) is 35.5. The van der Waals surface area contributed by atoms with Crippen LogP contribution in [0, 0.1) is 0 Å². The highest BCUT2D eigenvalue weighted by Crippen LogP contribution is 2.43. The molecule has 0 aliphatic rings. The van der Waals surface area contributed by atoms with Gasteiger partial charge in [-0.05, 0) is 38.5 Å². The van der Waals surface area contributed by atoms with E-state index in [0.29, 0.717) is 6.42 Å². The Kier molecular flexibility index (Phi) is 83.6. The molecule has 0 aliphatic heterocycles. The molecule has 0 amide bonds. The van der Waals surface area contributed by atoms with Crippen LogP contribution in [0.1, 0.15) is 508 Å². The van der Waals surface area contributed by atoms with E-state index in [0.717, 1.165) is 32.1 Å².